The van der Waals surface area contributed by atoms with Crippen LogP contribution in [0.2, 0.25) is 10.0 Å². The third-order valence-corrected chi connectivity index (χ3v) is 7.18. The summed E-state index contributed by atoms with van der Waals surface area (Å²) >= 11 is 12.5. The molecule has 0 radical (unpaired) electrons. The van der Waals surface area contributed by atoms with E-state index < -0.39 is 0 Å². The molecular weight excluding hydrogens is 517 g/mol. The van der Waals surface area contributed by atoms with Gasteiger partial charge in [-0.25, -0.2) is 0 Å². The molecule has 0 aliphatic heterocycles. The maximum Gasteiger partial charge on any atom is 0.156 e. The van der Waals surface area contributed by atoms with E-state index in [0.717, 1.165) is 41.2 Å². The number of quaternary nitrogens is 1. The van der Waals surface area contributed by atoms with Gasteiger partial charge in [0.2, 0.25) is 0 Å². The first-order chi connectivity index (χ1) is 18.4. The predicted molar refractivity (Wildman–Crippen MR) is 156 cm³/mol. The number of hydrogen-bond acceptors (Lipinski definition) is 3. The molecule has 6 heteroatoms. The Morgan fingerprint density at radius 1 is 0.816 bits per heavy atom. The van der Waals surface area contributed by atoms with Crippen molar-refractivity contribution in [3.05, 3.63) is 111 Å². The van der Waals surface area contributed by atoms with Gasteiger partial charge in [0.1, 0.15) is 24.7 Å². The van der Waals surface area contributed by atoms with Crippen LogP contribution < -0.4 is 19.9 Å². The fourth-order valence-electron chi connectivity index (χ4n) is 4.69. The minimum absolute atomic E-state index is 0.325. The van der Waals surface area contributed by atoms with Crippen molar-refractivity contribution in [2.45, 2.75) is 26.2 Å². The van der Waals surface area contributed by atoms with Crippen LogP contribution in [0, 0.1) is 13.8 Å². The molecule has 4 aromatic rings. The summed E-state index contributed by atoms with van der Waals surface area (Å²) in [5.74, 6) is 2.49. The van der Waals surface area contributed by atoms with Gasteiger partial charge >= 0.3 is 0 Å². The Labute approximate surface area is 235 Å². The summed E-state index contributed by atoms with van der Waals surface area (Å²) in [4.78, 5) is 0. The second-order valence-electron chi connectivity index (χ2n) is 9.36. The number of benzene rings is 4. The Bertz CT molecular complexity index is 1350. The van der Waals surface area contributed by atoms with E-state index in [1.165, 1.54) is 16.7 Å². The molecule has 4 rings (SSSR count). The SMILES string of the molecule is COc1ccccc1-c1ccc(C(C[NH3+])Cc2ccc(OCCOc3c(Cl)cc(C)cc3Cl)cc2)c(C)c1. The minimum Gasteiger partial charge on any atom is -0.496 e. The Balaban J connectivity index is 1.35. The zero-order valence-electron chi connectivity index (χ0n) is 22.1. The van der Waals surface area contributed by atoms with Gasteiger partial charge in [-0.2, -0.15) is 0 Å². The minimum atomic E-state index is 0.325. The highest BCUT2D eigenvalue weighted by Crippen LogP contribution is 2.34. The van der Waals surface area contributed by atoms with E-state index in [1.807, 2.05) is 49.4 Å². The van der Waals surface area contributed by atoms with Crippen LogP contribution in [0.5, 0.6) is 17.2 Å². The lowest BCUT2D eigenvalue weighted by atomic mass is 9.87. The molecule has 198 valence electrons. The lowest BCUT2D eigenvalue weighted by Crippen LogP contribution is -2.53. The van der Waals surface area contributed by atoms with E-state index >= 15 is 0 Å². The van der Waals surface area contributed by atoms with Crippen molar-refractivity contribution in [2.75, 3.05) is 26.9 Å². The highest BCUT2D eigenvalue weighted by atomic mass is 35.5. The molecule has 0 amide bonds. The topological polar surface area (TPSA) is 55.3 Å². The molecular formula is C32H34Cl2NO3+. The number of para-hydroxylation sites is 1. The largest absolute Gasteiger partial charge is 0.496 e. The van der Waals surface area contributed by atoms with Crippen molar-refractivity contribution in [3.63, 3.8) is 0 Å². The van der Waals surface area contributed by atoms with Crippen molar-refractivity contribution in [1.82, 2.24) is 0 Å². The van der Waals surface area contributed by atoms with Gasteiger partial charge in [-0.1, -0.05) is 71.7 Å². The average Bonchev–Trinajstić information content (AvgIpc) is 2.91. The molecule has 3 N–H and O–H groups in total. The van der Waals surface area contributed by atoms with Gasteiger partial charge in [-0.05, 0) is 78.4 Å². The van der Waals surface area contributed by atoms with Gasteiger partial charge in [0.25, 0.3) is 0 Å². The van der Waals surface area contributed by atoms with E-state index in [1.54, 1.807) is 7.11 Å². The normalized spacial score (nSPS) is 11.7. The van der Waals surface area contributed by atoms with Gasteiger partial charge in [0.05, 0.1) is 23.7 Å². The summed E-state index contributed by atoms with van der Waals surface area (Å²) in [6.07, 6.45) is 0.909. The second kappa shape index (κ2) is 13.1. The molecule has 0 fully saturated rings. The highest BCUT2D eigenvalue weighted by molar-refractivity contribution is 6.37. The molecule has 0 saturated carbocycles. The van der Waals surface area contributed by atoms with E-state index in [0.29, 0.717) is 34.9 Å². The molecule has 0 bridgehead atoms. The molecule has 1 unspecified atom stereocenters. The van der Waals surface area contributed by atoms with E-state index in [9.17, 15) is 0 Å². The Kier molecular flexibility index (Phi) is 9.57. The lowest BCUT2D eigenvalue weighted by Gasteiger charge is -2.18. The van der Waals surface area contributed by atoms with Crippen LogP contribution in [0.4, 0.5) is 0 Å². The Morgan fingerprint density at radius 3 is 2.16 bits per heavy atom. The molecule has 0 saturated heterocycles. The highest BCUT2D eigenvalue weighted by Gasteiger charge is 2.17. The first-order valence-electron chi connectivity index (χ1n) is 12.7. The van der Waals surface area contributed by atoms with Crippen LogP contribution in [0.25, 0.3) is 11.1 Å². The third-order valence-electron chi connectivity index (χ3n) is 6.62. The van der Waals surface area contributed by atoms with Gasteiger partial charge in [0.15, 0.2) is 5.75 Å². The van der Waals surface area contributed by atoms with Gasteiger partial charge in [-0.15, -0.1) is 0 Å². The first kappa shape index (κ1) is 27.8. The molecule has 0 heterocycles. The number of rotatable bonds is 11. The van der Waals surface area contributed by atoms with Gasteiger partial charge in [0, 0.05) is 11.5 Å². The van der Waals surface area contributed by atoms with Crippen LogP contribution in [0.15, 0.2) is 78.9 Å². The molecule has 0 aliphatic carbocycles. The van der Waals surface area contributed by atoms with E-state index in [4.69, 9.17) is 37.4 Å². The average molecular weight is 552 g/mol. The lowest BCUT2D eigenvalue weighted by molar-refractivity contribution is -0.372. The molecule has 0 aromatic heterocycles. The summed E-state index contributed by atoms with van der Waals surface area (Å²) in [7, 11) is 1.71. The van der Waals surface area contributed by atoms with E-state index in [2.05, 4.69) is 49.1 Å². The third kappa shape index (κ3) is 6.82. The van der Waals surface area contributed by atoms with Crippen LogP contribution in [0.3, 0.4) is 0 Å². The summed E-state index contributed by atoms with van der Waals surface area (Å²) < 4.78 is 17.2. The number of methoxy groups -OCH3 is 1. The predicted octanol–water partition coefficient (Wildman–Crippen LogP) is 7.31. The van der Waals surface area contributed by atoms with Crippen molar-refractivity contribution in [3.8, 4) is 28.4 Å². The number of halogens is 2. The number of aryl methyl sites for hydroxylation is 2. The van der Waals surface area contributed by atoms with Crippen LogP contribution in [0.1, 0.15) is 28.2 Å². The maximum absolute atomic E-state index is 6.24. The standard InChI is InChI=1S/C32H33Cl2NO3/c1-21-16-29(33)32(30(34)17-21)38-15-14-37-26-11-8-23(9-12-26)19-25(20-35)27-13-10-24(18-22(27)2)28-6-4-5-7-31(28)36-3/h4-13,16-18,25H,14-15,19-20,35H2,1-3H3/p+1. The number of ether oxygens (including phenoxy) is 3. The van der Waals surface area contributed by atoms with Crippen molar-refractivity contribution >= 4 is 23.2 Å². The Morgan fingerprint density at radius 2 is 1.50 bits per heavy atom. The van der Waals surface area contributed by atoms with Crippen LogP contribution in [-0.4, -0.2) is 26.9 Å². The molecule has 0 aliphatic rings. The van der Waals surface area contributed by atoms with Crippen molar-refractivity contribution in [2.24, 2.45) is 0 Å². The smallest absolute Gasteiger partial charge is 0.156 e. The quantitative estimate of drug-likeness (QED) is 0.199. The summed E-state index contributed by atoms with van der Waals surface area (Å²) in [5, 5.41) is 1.01. The molecule has 4 nitrogen and oxygen atoms in total. The Hall–Kier alpha value is -3.18. The molecule has 4 aromatic carbocycles. The van der Waals surface area contributed by atoms with Gasteiger partial charge in [-0.3, -0.25) is 0 Å². The monoisotopic (exact) mass is 550 g/mol. The maximum atomic E-state index is 6.24. The van der Waals surface area contributed by atoms with Crippen molar-refractivity contribution < 1.29 is 19.9 Å². The zero-order chi connectivity index (χ0) is 27.1. The van der Waals surface area contributed by atoms with E-state index in [-0.39, 0.29) is 0 Å². The van der Waals surface area contributed by atoms with Gasteiger partial charge < -0.3 is 19.9 Å². The second-order valence-corrected chi connectivity index (χ2v) is 10.2. The number of hydrogen-bond donors (Lipinski definition) is 1. The summed E-state index contributed by atoms with van der Waals surface area (Å²) in [6, 6.07) is 26.7. The molecule has 38 heavy (non-hydrogen) atoms. The molecule has 1 atom stereocenters. The first-order valence-corrected chi connectivity index (χ1v) is 13.5. The molecule has 0 spiro atoms. The van der Waals surface area contributed by atoms with Crippen LogP contribution >= 0.6 is 23.2 Å². The summed E-state index contributed by atoms with van der Waals surface area (Å²) in [6.45, 7) is 5.66. The fraction of sp³-hybridized carbons (Fsp3) is 0.250. The zero-order valence-corrected chi connectivity index (χ0v) is 23.6. The fourth-order valence-corrected chi connectivity index (χ4v) is 5.39. The summed E-state index contributed by atoms with van der Waals surface area (Å²) in [5.41, 5.74) is 11.3. The van der Waals surface area contributed by atoms with Crippen molar-refractivity contribution in [1.29, 1.82) is 0 Å². The van der Waals surface area contributed by atoms with Crippen LogP contribution in [-0.2, 0) is 6.42 Å².